The summed E-state index contributed by atoms with van der Waals surface area (Å²) in [6.45, 7) is 7.09. The number of aromatic nitrogens is 3. The minimum atomic E-state index is -0.0395. The number of aryl methyl sites for hydroxylation is 2. The predicted molar refractivity (Wildman–Crippen MR) is 135 cm³/mol. The standard InChI is InChI=1S/C27H27N5S/c1-18-12-13-24(29-16-18)32-19(2)15-22(20(32)3)26-25(23-11-7-8-14-28-23)30-27(33)31(26)17-21-9-5-4-6-10-21/h4-16,25-26H,17H2,1-3H3,(H,30,33)/t25-,26+/m1/s1. The van der Waals surface area contributed by atoms with Crippen molar-refractivity contribution >= 4 is 17.3 Å². The van der Waals surface area contributed by atoms with Gasteiger partial charge in [-0.1, -0.05) is 42.5 Å². The average Bonchev–Trinajstić information content (AvgIpc) is 3.31. The highest BCUT2D eigenvalue weighted by molar-refractivity contribution is 7.80. The number of hydrogen-bond donors (Lipinski definition) is 1. The molecule has 4 heterocycles. The molecule has 0 bridgehead atoms. The van der Waals surface area contributed by atoms with E-state index >= 15 is 0 Å². The van der Waals surface area contributed by atoms with Crippen molar-refractivity contribution in [3.8, 4) is 5.82 Å². The molecular formula is C27H27N5S. The molecule has 166 valence electrons. The highest BCUT2D eigenvalue weighted by Gasteiger charge is 2.41. The summed E-state index contributed by atoms with van der Waals surface area (Å²) in [7, 11) is 0. The lowest BCUT2D eigenvalue weighted by molar-refractivity contribution is 0.310. The largest absolute Gasteiger partial charge is 0.352 e. The lowest BCUT2D eigenvalue weighted by Crippen LogP contribution is -2.29. The monoisotopic (exact) mass is 453 g/mol. The van der Waals surface area contributed by atoms with Crippen LogP contribution in [-0.2, 0) is 6.54 Å². The number of nitrogens with zero attached hydrogens (tertiary/aromatic N) is 4. The summed E-state index contributed by atoms with van der Waals surface area (Å²) >= 11 is 5.85. The second kappa shape index (κ2) is 8.79. The first-order valence-electron chi connectivity index (χ1n) is 11.2. The predicted octanol–water partition coefficient (Wildman–Crippen LogP) is 5.37. The van der Waals surface area contributed by atoms with Crippen molar-refractivity contribution < 1.29 is 0 Å². The molecule has 0 unspecified atom stereocenters. The molecule has 0 saturated carbocycles. The number of nitrogens with one attached hydrogen (secondary N) is 1. The molecule has 1 saturated heterocycles. The molecule has 1 aromatic carbocycles. The van der Waals surface area contributed by atoms with Gasteiger partial charge in [0.15, 0.2) is 5.11 Å². The Labute approximate surface area is 200 Å². The Hall–Kier alpha value is -3.51. The van der Waals surface area contributed by atoms with E-state index in [4.69, 9.17) is 12.2 Å². The van der Waals surface area contributed by atoms with Crippen LogP contribution in [0.15, 0.2) is 79.1 Å². The number of rotatable bonds is 5. The lowest BCUT2D eigenvalue weighted by Gasteiger charge is -2.28. The van der Waals surface area contributed by atoms with E-state index < -0.39 is 0 Å². The fourth-order valence-corrected chi connectivity index (χ4v) is 5.03. The highest BCUT2D eigenvalue weighted by Crippen LogP contribution is 2.42. The lowest BCUT2D eigenvalue weighted by atomic mass is 9.96. The van der Waals surface area contributed by atoms with Gasteiger partial charge in [-0.25, -0.2) is 4.98 Å². The molecule has 2 atom stereocenters. The van der Waals surface area contributed by atoms with Crippen molar-refractivity contribution in [3.63, 3.8) is 0 Å². The van der Waals surface area contributed by atoms with E-state index in [1.54, 1.807) is 0 Å². The first-order valence-corrected chi connectivity index (χ1v) is 11.6. The second-order valence-corrected chi connectivity index (χ2v) is 8.98. The average molecular weight is 454 g/mol. The number of benzene rings is 1. The van der Waals surface area contributed by atoms with Crippen LogP contribution in [0.1, 0.15) is 45.9 Å². The van der Waals surface area contributed by atoms with Gasteiger partial charge in [-0.2, -0.15) is 0 Å². The molecule has 1 N–H and O–H groups in total. The summed E-state index contributed by atoms with van der Waals surface area (Å²) < 4.78 is 2.23. The van der Waals surface area contributed by atoms with Gasteiger partial charge in [0.25, 0.3) is 0 Å². The molecule has 1 aliphatic rings. The van der Waals surface area contributed by atoms with E-state index in [-0.39, 0.29) is 12.1 Å². The molecule has 4 aromatic rings. The molecule has 3 aromatic heterocycles. The van der Waals surface area contributed by atoms with Gasteiger partial charge in [0.05, 0.1) is 17.8 Å². The van der Waals surface area contributed by atoms with Crippen LogP contribution in [0.4, 0.5) is 0 Å². The Bertz CT molecular complexity index is 1270. The van der Waals surface area contributed by atoms with Crippen LogP contribution in [0.2, 0.25) is 0 Å². The van der Waals surface area contributed by atoms with Crippen LogP contribution >= 0.6 is 12.2 Å². The molecular weight excluding hydrogens is 426 g/mol. The van der Waals surface area contributed by atoms with E-state index in [1.165, 1.54) is 16.8 Å². The van der Waals surface area contributed by atoms with Gasteiger partial charge in [-0.3, -0.25) is 4.98 Å². The summed E-state index contributed by atoms with van der Waals surface area (Å²) in [6, 6.07) is 22.9. The molecule has 33 heavy (non-hydrogen) atoms. The molecule has 5 nitrogen and oxygen atoms in total. The number of pyridine rings is 2. The van der Waals surface area contributed by atoms with Crippen LogP contribution < -0.4 is 5.32 Å². The summed E-state index contributed by atoms with van der Waals surface area (Å²) in [5.41, 5.74) is 6.90. The fraction of sp³-hybridized carbons (Fsp3) is 0.222. The van der Waals surface area contributed by atoms with Crippen molar-refractivity contribution in [1.29, 1.82) is 0 Å². The molecule has 0 aliphatic carbocycles. The SMILES string of the molecule is Cc1ccc(-n2c(C)cc([C@H]3[C@@H](c4ccccn4)NC(=S)N3Cc3ccccc3)c2C)nc1. The van der Waals surface area contributed by atoms with Gasteiger partial charge in [0.1, 0.15) is 5.82 Å². The number of hydrogen-bond acceptors (Lipinski definition) is 3. The minimum Gasteiger partial charge on any atom is -0.352 e. The molecule has 0 radical (unpaired) electrons. The second-order valence-electron chi connectivity index (χ2n) is 8.60. The molecule has 0 spiro atoms. The van der Waals surface area contributed by atoms with Gasteiger partial charge in [-0.15, -0.1) is 0 Å². The Morgan fingerprint density at radius 3 is 2.42 bits per heavy atom. The quantitative estimate of drug-likeness (QED) is 0.412. The first-order chi connectivity index (χ1) is 16.0. The van der Waals surface area contributed by atoms with Gasteiger partial charge in [-0.05, 0) is 73.9 Å². The molecule has 1 aliphatic heterocycles. The Kier molecular flexibility index (Phi) is 5.68. The fourth-order valence-electron chi connectivity index (χ4n) is 4.73. The smallest absolute Gasteiger partial charge is 0.170 e. The third kappa shape index (κ3) is 4.02. The maximum atomic E-state index is 5.85. The maximum Gasteiger partial charge on any atom is 0.170 e. The van der Waals surface area contributed by atoms with Crippen LogP contribution in [0.3, 0.4) is 0 Å². The third-order valence-corrected chi connectivity index (χ3v) is 6.66. The van der Waals surface area contributed by atoms with Crippen molar-refractivity contribution in [2.75, 3.05) is 0 Å². The highest BCUT2D eigenvalue weighted by atomic mass is 32.1. The van der Waals surface area contributed by atoms with Crippen LogP contribution in [-0.4, -0.2) is 24.5 Å². The van der Waals surface area contributed by atoms with E-state index in [1.807, 2.05) is 30.6 Å². The number of thiocarbonyl (C=S) groups is 1. The Morgan fingerprint density at radius 2 is 1.73 bits per heavy atom. The zero-order valence-electron chi connectivity index (χ0n) is 19.1. The Morgan fingerprint density at radius 1 is 0.939 bits per heavy atom. The first kappa shape index (κ1) is 21.3. The van der Waals surface area contributed by atoms with E-state index in [0.29, 0.717) is 0 Å². The van der Waals surface area contributed by atoms with Crippen LogP contribution in [0, 0.1) is 20.8 Å². The van der Waals surface area contributed by atoms with Crippen molar-refractivity contribution in [3.05, 3.63) is 113 Å². The molecule has 5 rings (SSSR count). The van der Waals surface area contributed by atoms with Gasteiger partial charge >= 0.3 is 0 Å². The minimum absolute atomic E-state index is 0.0120. The summed E-state index contributed by atoms with van der Waals surface area (Å²) in [5, 5.41) is 4.31. The molecule has 0 amide bonds. The molecule has 1 fully saturated rings. The normalized spacial score (nSPS) is 17.9. The van der Waals surface area contributed by atoms with Crippen molar-refractivity contribution in [2.24, 2.45) is 0 Å². The van der Waals surface area contributed by atoms with Gasteiger partial charge in [0, 0.05) is 30.3 Å². The Balaban J connectivity index is 1.61. The maximum absolute atomic E-state index is 5.85. The van der Waals surface area contributed by atoms with E-state index in [9.17, 15) is 0 Å². The summed E-state index contributed by atoms with van der Waals surface area (Å²) in [5.74, 6) is 0.930. The van der Waals surface area contributed by atoms with Crippen LogP contribution in [0.5, 0.6) is 0 Å². The van der Waals surface area contributed by atoms with Gasteiger partial charge < -0.3 is 14.8 Å². The van der Waals surface area contributed by atoms with Crippen LogP contribution in [0.25, 0.3) is 5.82 Å². The molecule has 6 heteroatoms. The van der Waals surface area contributed by atoms with Crippen molar-refractivity contribution in [1.82, 2.24) is 24.8 Å². The van der Waals surface area contributed by atoms with E-state index in [0.717, 1.165) is 34.4 Å². The van der Waals surface area contributed by atoms with Gasteiger partial charge in [0.2, 0.25) is 0 Å². The third-order valence-electron chi connectivity index (χ3n) is 6.31. The zero-order chi connectivity index (χ0) is 22.9. The topological polar surface area (TPSA) is 46.0 Å². The summed E-state index contributed by atoms with van der Waals surface area (Å²) in [6.07, 6.45) is 3.76. The zero-order valence-corrected chi connectivity index (χ0v) is 19.9. The van der Waals surface area contributed by atoms with Crippen molar-refractivity contribution in [2.45, 2.75) is 39.4 Å². The van der Waals surface area contributed by atoms with E-state index in [2.05, 4.69) is 94.1 Å². The summed E-state index contributed by atoms with van der Waals surface area (Å²) in [4.78, 5) is 11.6.